The van der Waals surface area contributed by atoms with Gasteiger partial charge in [0.25, 0.3) is 0 Å². The summed E-state index contributed by atoms with van der Waals surface area (Å²) >= 11 is 1.59. The first-order chi connectivity index (χ1) is 11.2. The Morgan fingerprint density at radius 3 is 3.00 bits per heavy atom. The lowest BCUT2D eigenvalue weighted by molar-refractivity contribution is 0.211. The molecule has 0 radical (unpaired) electrons. The molecule has 2 aromatic heterocycles. The highest BCUT2D eigenvalue weighted by Crippen LogP contribution is 2.23. The van der Waals surface area contributed by atoms with E-state index >= 15 is 0 Å². The zero-order valence-corrected chi connectivity index (χ0v) is 14.6. The molecule has 1 aliphatic rings. The summed E-state index contributed by atoms with van der Waals surface area (Å²) in [5.41, 5.74) is 3.54. The van der Waals surface area contributed by atoms with Crippen molar-refractivity contribution in [1.82, 2.24) is 19.9 Å². The molecule has 0 aromatic carbocycles. The van der Waals surface area contributed by atoms with Gasteiger partial charge in [-0.25, -0.2) is 15.0 Å². The lowest BCUT2D eigenvalue weighted by Gasteiger charge is -2.28. The topological polar surface area (TPSA) is 51.1 Å². The van der Waals surface area contributed by atoms with E-state index < -0.39 is 0 Å². The molecule has 0 amide bonds. The maximum atomic E-state index is 5.82. The van der Waals surface area contributed by atoms with E-state index in [2.05, 4.69) is 25.9 Å². The van der Waals surface area contributed by atoms with Crippen LogP contribution in [0.1, 0.15) is 30.7 Å². The van der Waals surface area contributed by atoms with Crippen molar-refractivity contribution in [2.45, 2.75) is 44.6 Å². The number of pyridine rings is 1. The van der Waals surface area contributed by atoms with Crippen molar-refractivity contribution in [2.75, 3.05) is 12.8 Å². The highest BCUT2D eigenvalue weighted by Gasteiger charge is 2.20. The maximum Gasteiger partial charge on any atom is 0.218 e. The highest BCUT2D eigenvalue weighted by atomic mass is 32.2. The average Bonchev–Trinajstić information content (AvgIpc) is 2.55. The Bertz CT molecular complexity index is 677. The van der Waals surface area contributed by atoms with Crippen LogP contribution < -0.4 is 4.74 Å². The largest absolute Gasteiger partial charge is 0.475 e. The number of ether oxygens (including phenoxy) is 1. The van der Waals surface area contributed by atoms with Crippen LogP contribution in [0.3, 0.4) is 0 Å². The first-order valence-corrected chi connectivity index (χ1v) is 9.10. The third kappa shape index (κ3) is 4.00. The molecule has 0 spiro atoms. The summed E-state index contributed by atoms with van der Waals surface area (Å²) in [6, 6.07) is 4.06. The first-order valence-electron chi connectivity index (χ1n) is 7.87. The molecule has 6 heteroatoms. The standard InChI is InChI=1S/C17H22N4OS/c1-12(2)22-16-13(5-4-7-18-16)10-21-8-6-15-14(11-21)9-19-17(20-15)23-3/h4-5,7,9,12H,6,8,10-11H2,1-3H3. The van der Waals surface area contributed by atoms with Gasteiger partial charge >= 0.3 is 0 Å². The molecule has 0 bridgehead atoms. The Hall–Kier alpha value is -1.66. The van der Waals surface area contributed by atoms with Crippen LogP contribution in [0.25, 0.3) is 0 Å². The van der Waals surface area contributed by atoms with Gasteiger partial charge in [-0.3, -0.25) is 4.90 Å². The van der Waals surface area contributed by atoms with Gasteiger partial charge in [-0.15, -0.1) is 0 Å². The second kappa shape index (κ2) is 7.27. The summed E-state index contributed by atoms with van der Waals surface area (Å²) in [5, 5.41) is 0.858. The molecule has 0 fully saturated rings. The van der Waals surface area contributed by atoms with Crippen LogP contribution in [0.5, 0.6) is 5.88 Å². The van der Waals surface area contributed by atoms with Gasteiger partial charge in [0.15, 0.2) is 5.16 Å². The summed E-state index contributed by atoms with van der Waals surface area (Å²) in [5.74, 6) is 0.738. The number of nitrogens with zero attached hydrogens (tertiary/aromatic N) is 4. The number of aromatic nitrogens is 3. The van der Waals surface area contributed by atoms with Crippen LogP contribution in [-0.2, 0) is 19.5 Å². The zero-order valence-electron chi connectivity index (χ0n) is 13.8. The molecule has 3 heterocycles. The van der Waals surface area contributed by atoms with Crippen LogP contribution >= 0.6 is 11.8 Å². The minimum absolute atomic E-state index is 0.129. The number of thioether (sulfide) groups is 1. The van der Waals surface area contributed by atoms with Crippen molar-refractivity contribution in [2.24, 2.45) is 0 Å². The van der Waals surface area contributed by atoms with Crippen molar-refractivity contribution in [3.63, 3.8) is 0 Å². The minimum Gasteiger partial charge on any atom is -0.475 e. The van der Waals surface area contributed by atoms with E-state index in [0.717, 1.165) is 42.7 Å². The van der Waals surface area contributed by atoms with E-state index in [9.17, 15) is 0 Å². The van der Waals surface area contributed by atoms with Crippen LogP contribution in [-0.4, -0.2) is 38.8 Å². The van der Waals surface area contributed by atoms with Gasteiger partial charge in [-0.05, 0) is 26.2 Å². The molecule has 0 unspecified atom stereocenters. The monoisotopic (exact) mass is 330 g/mol. The summed E-state index contributed by atoms with van der Waals surface area (Å²) in [4.78, 5) is 15.8. The van der Waals surface area contributed by atoms with Gasteiger partial charge in [-0.2, -0.15) is 0 Å². The lowest BCUT2D eigenvalue weighted by atomic mass is 10.1. The summed E-state index contributed by atoms with van der Waals surface area (Å²) < 4.78 is 5.82. The fraction of sp³-hybridized carbons (Fsp3) is 0.471. The molecule has 2 aromatic rings. The molecule has 23 heavy (non-hydrogen) atoms. The van der Waals surface area contributed by atoms with Crippen molar-refractivity contribution in [3.05, 3.63) is 41.3 Å². The highest BCUT2D eigenvalue weighted by molar-refractivity contribution is 7.98. The van der Waals surface area contributed by atoms with E-state index in [1.165, 1.54) is 11.3 Å². The minimum atomic E-state index is 0.129. The molecular weight excluding hydrogens is 308 g/mol. The quantitative estimate of drug-likeness (QED) is 0.620. The van der Waals surface area contributed by atoms with Crippen molar-refractivity contribution in [3.8, 4) is 5.88 Å². The van der Waals surface area contributed by atoms with Crippen molar-refractivity contribution in [1.29, 1.82) is 0 Å². The Morgan fingerprint density at radius 2 is 2.22 bits per heavy atom. The normalized spacial score (nSPS) is 14.8. The fourth-order valence-corrected chi connectivity index (χ4v) is 3.06. The average molecular weight is 330 g/mol. The lowest BCUT2D eigenvalue weighted by Crippen LogP contribution is -2.31. The Balaban J connectivity index is 1.72. The zero-order chi connectivity index (χ0) is 16.2. The van der Waals surface area contributed by atoms with Crippen LogP contribution in [0.4, 0.5) is 0 Å². The number of hydrogen-bond acceptors (Lipinski definition) is 6. The Kier molecular flexibility index (Phi) is 5.13. The van der Waals surface area contributed by atoms with Gasteiger partial charge in [0.1, 0.15) is 0 Å². The molecule has 0 saturated heterocycles. The summed E-state index contributed by atoms with van der Waals surface area (Å²) in [6.45, 7) is 6.75. The third-order valence-electron chi connectivity index (χ3n) is 3.76. The Labute approximate surface area is 141 Å². The van der Waals surface area contributed by atoms with E-state index in [1.54, 1.807) is 18.0 Å². The maximum absolute atomic E-state index is 5.82. The molecule has 0 aliphatic carbocycles. The predicted octanol–water partition coefficient (Wildman–Crippen LogP) is 2.94. The van der Waals surface area contributed by atoms with E-state index in [0.29, 0.717) is 0 Å². The van der Waals surface area contributed by atoms with Gasteiger partial charge in [-0.1, -0.05) is 17.8 Å². The molecule has 0 N–H and O–H groups in total. The van der Waals surface area contributed by atoms with Crippen molar-refractivity contribution >= 4 is 11.8 Å². The molecule has 3 rings (SSSR count). The molecule has 5 nitrogen and oxygen atoms in total. The smallest absolute Gasteiger partial charge is 0.218 e. The summed E-state index contributed by atoms with van der Waals surface area (Å²) in [7, 11) is 0. The Morgan fingerprint density at radius 1 is 1.35 bits per heavy atom. The van der Waals surface area contributed by atoms with Crippen molar-refractivity contribution < 1.29 is 4.74 Å². The van der Waals surface area contributed by atoms with Gasteiger partial charge in [0.05, 0.1) is 11.8 Å². The number of hydrogen-bond donors (Lipinski definition) is 0. The third-order valence-corrected chi connectivity index (χ3v) is 4.33. The summed E-state index contributed by atoms with van der Waals surface area (Å²) in [6.07, 6.45) is 6.85. The van der Waals surface area contributed by atoms with Crippen LogP contribution in [0.15, 0.2) is 29.7 Å². The first kappa shape index (κ1) is 16.2. The number of rotatable bonds is 5. The van der Waals surface area contributed by atoms with E-state index in [-0.39, 0.29) is 6.10 Å². The van der Waals surface area contributed by atoms with E-state index in [4.69, 9.17) is 4.74 Å². The van der Waals surface area contributed by atoms with Crippen LogP contribution in [0.2, 0.25) is 0 Å². The van der Waals surface area contributed by atoms with Gasteiger partial charge in [0, 0.05) is 49.6 Å². The number of fused-ring (bicyclic) bond motifs is 1. The van der Waals surface area contributed by atoms with Crippen LogP contribution in [0, 0.1) is 0 Å². The molecule has 1 aliphatic heterocycles. The molecular formula is C17H22N4OS. The van der Waals surface area contributed by atoms with Gasteiger partial charge < -0.3 is 4.74 Å². The molecule has 122 valence electrons. The SMILES string of the molecule is CSc1ncc2c(n1)CCN(Cc1cccnc1OC(C)C)C2. The molecule has 0 saturated carbocycles. The second-order valence-electron chi connectivity index (χ2n) is 5.92. The van der Waals surface area contributed by atoms with Gasteiger partial charge in [0.2, 0.25) is 5.88 Å². The molecule has 0 atom stereocenters. The second-order valence-corrected chi connectivity index (χ2v) is 6.70. The fourth-order valence-electron chi connectivity index (χ4n) is 2.70. The predicted molar refractivity (Wildman–Crippen MR) is 91.6 cm³/mol. The van der Waals surface area contributed by atoms with E-state index in [1.807, 2.05) is 32.4 Å².